The monoisotopic (exact) mass is 300 g/mol. The number of nitrogens with two attached hydrogens (primary N) is 1. The number of aryl methyl sites for hydroxylation is 1. The van der Waals surface area contributed by atoms with Crippen molar-refractivity contribution in [2.45, 2.75) is 19.8 Å². The third kappa shape index (κ3) is 4.36. The van der Waals surface area contributed by atoms with Gasteiger partial charge in [-0.15, -0.1) is 0 Å². The summed E-state index contributed by atoms with van der Waals surface area (Å²) in [7, 11) is 1.62. The van der Waals surface area contributed by atoms with Crippen LogP contribution < -0.4 is 11.1 Å². The van der Waals surface area contributed by atoms with Crippen molar-refractivity contribution in [2.75, 3.05) is 24.8 Å². The second kappa shape index (κ2) is 6.61. The third-order valence-electron chi connectivity index (χ3n) is 2.38. The van der Waals surface area contributed by atoms with Crippen molar-refractivity contribution in [3.05, 3.63) is 22.2 Å². The minimum Gasteiger partial charge on any atom is -0.398 e. The summed E-state index contributed by atoms with van der Waals surface area (Å²) in [5.41, 5.74) is 8.15. The average Bonchev–Trinajstić information content (AvgIpc) is 2.26. The Balaban J connectivity index is 2.62. The Labute approximate surface area is 110 Å². The van der Waals surface area contributed by atoms with E-state index in [-0.39, 0.29) is 5.91 Å². The maximum absolute atomic E-state index is 11.6. The van der Waals surface area contributed by atoms with Crippen LogP contribution in [0.4, 0.5) is 11.4 Å². The van der Waals surface area contributed by atoms with E-state index >= 15 is 0 Å². The zero-order valence-corrected chi connectivity index (χ0v) is 11.6. The molecule has 1 aromatic rings. The van der Waals surface area contributed by atoms with Crippen molar-refractivity contribution in [3.8, 4) is 0 Å². The summed E-state index contributed by atoms with van der Waals surface area (Å²) in [5, 5.41) is 2.82. The van der Waals surface area contributed by atoms with Crippen molar-refractivity contribution in [2.24, 2.45) is 0 Å². The second-order valence-electron chi connectivity index (χ2n) is 3.83. The summed E-state index contributed by atoms with van der Waals surface area (Å²) in [6.45, 7) is 2.51. The standard InChI is InChI=1S/C12H17BrN2O2/c1-8-6-9(13)11(7-10(8)14)15-12(16)4-3-5-17-2/h6-7H,3-5,14H2,1-2H3,(H,15,16). The molecule has 94 valence electrons. The van der Waals surface area contributed by atoms with E-state index in [9.17, 15) is 4.79 Å². The highest BCUT2D eigenvalue weighted by Crippen LogP contribution is 2.27. The van der Waals surface area contributed by atoms with Gasteiger partial charge in [0.05, 0.1) is 5.69 Å². The summed E-state index contributed by atoms with van der Waals surface area (Å²) in [6.07, 6.45) is 1.15. The van der Waals surface area contributed by atoms with Gasteiger partial charge in [0.25, 0.3) is 0 Å². The Morgan fingerprint density at radius 2 is 2.24 bits per heavy atom. The van der Waals surface area contributed by atoms with E-state index in [1.165, 1.54) is 0 Å². The molecule has 0 aliphatic rings. The minimum atomic E-state index is -0.0361. The fraction of sp³-hybridized carbons (Fsp3) is 0.417. The van der Waals surface area contributed by atoms with Crippen LogP contribution in [0.5, 0.6) is 0 Å². The number of carbonyl (C=O) groups is 1. The van der Waals surface area contributed by atoms with Crippen molar-refractivity contribution in [1.82, 2.24) is 0 Å². The zero-order valence-electron chi connectivity index (χ0n) is 10.0. The highest BCUT2D eigenvalue weighted by Gasteiger charge is 2.07. The molecule has 0 aromatic heterocycles. The molecule has 3 N–H and O–H groups in total. The number of methoxy groups -OCH3 is 1. The zero-order chi connectivity index (χ0) is 12.8. The molecular weight excluding hydrogens is 284 g/mol. The van der Waals surface area contributed by atoms with Gasteiger partial charge in [-0.2, -0.15) is 0 Å². The second-order valence-corrected chi connectivity index (χ2v) is 4.69. The number of anilines is 2. The predicted octanol–water partition coefficient (Wildman–Crippen LogP) is 2.70. The molecule has 0 bridgehead atoms. The largest absolute Gasteiger partial charge is 0.398 e. The molecule has 0 aliphatic carbocycles. The van der Waals surface area contributed by atoms with Crippen molar-refractivity contribution in [1.29, 1.82) is 0 Å². The number of rotatable bonds is 5. The van der Waals surface area contributed by atoms with Gasteiger partial charge in [-0.3, -0.25) is 4.79 Å². The van der Waals surface area contributed by atoms with Crippen LogP contribution in [0.15, 0.2) is 16.6 Å². The molecular formula is C12H17BrN2O2. The molecule has 1 aromatic carbocycles. The maximum atomic E-state index is 11.6. The lowest BCUT2D eigenvalue weighted by molar-refractivity contribution is -0.116. The molecule has 0 heterocycles. The number of hydrogen-bond acceptors (Lipinski definition) is 3. The third-order valence-corrected chi connectivity index (χ3v) is 3.04. The lowest BCUT2D eigenvalue weighted by Crippen LogP contribution is -2.12. The molecule has 0 fully saturated rings. The van der Waals surface area contributed by atoms with Crippen molar-refractivity contribution < 1.29 is 9.53 Å². The van der Waals surface area contributed by atoms with Gasteiger partial charge < -0.3 is 15.8 Å². The van der Waals surface area contributed by atoms with Crippen LogP contribution in [0.2, 0.25) is 0 Å². The number of carbonyl (C=O) groups excluding carboxylic acids is 1. The number of amides is 1. The molecule has 17 heavy (non-hydrogen) atoms. The number of benzene rings is 1. The number of nitrogens with one attached hydrogen (secondary N) is 1. The molecule has 1 rings (SSSR count). The molecule has 0 spiro atoms. The SMILES string of the molecule is COCCCC(=O)Nc1cc(N)c(C)cc1Br. The first-order valence-electron chi connectivity index (χ1n) is 5.39. The normalized spacial score (nSPS) is 10.3. The van der Waals surface area contributed by atoms with Crippen LogP contribution in [0, 0.1) is 6.92 Å². The van der Waals surface area contributed by atoms with Gasteiger partial charge in [-0.25, -0.2) is 0 Å². The van der Waals surface area contributed by atoms with Crippen molar-refractivity contribution in [3.63, 3.8) is 0 Å². The van der Waals surface area contributed by atoms with E-state index in [0.29, 0.717) is 30.8 Å². The number of hydrogen-bond donors (Lipinski definition) is 2. The Morgan fingerprint density at radius 3 is 2.88 bits per heavy atom. The Kier molecular flexibility index (Phi) is 5.44. The molecule has 0 aliphatic heterocycles. The molecule has 0 atom stereocenters. The van der Waals surface area contributed by atoms with Crippen LogP contribution in [-0.2, 0) is 9.53 Å². The van der Waals surface area contributed by atoms with Gasteiger partial charge in [-0.05, 0) is 47.0 Å². The molecule has 0 radical (unpaired) electrons. The van der Waals surface area contributed by atoms with E-state index in [0.717, 1.165) is 10.0 Å². The quantitative estimate of drug-likeness (QED) is 0.649. The van der Waals surface area contributed by atoms with Gasteiger partial charge in [0.15, 0.2) is 0 Å². The van der Waals surface area contributed by atoms with Crippen LogP contribution in [0.1, 0.15) is 18.4 Å². The number of ether oxygens (including phenoxy) is 1. The first kappa shape index (κ1) is 14.0. The summed E-state index contributed by atoms with van der Waals surface area (Å²) in [4.78, 5) is 11.6. The molecule has 1 amide bonds. The average molecular weight is 301 g/mol. The van der Waals surface area contributed by atoms with Crippen LogP contribution in [0.25, 0.3) is 0 Å². The number of halogens is 1. The van der Waals surface area contributed by atoms with E-state index < -0.39 is 0 Å². The summed E-state index contributed by atoms with van der Waals surface area (Å²) in [5.74, 6) is -0.0361. The lowest BCUT2D eigenvalue weighted by Gasteiger charge is -2.10. The van der Waals surface area contributed by atoms with E-state index in [1.54, 1.807) is 13.2 Å². The first-order valence-corrected chi connectivity index (χ1v) is 6.18. The van der Waals surface area contributed by atoms with Gasteiger partial charge in [0.2, 0.25) is 5.91 Å². The van der Waals surface area contributed by atoms with Gasteiger partial charge in [-0.1, -0.05) is 0 Å². The van der Waals surface area contributed by atoms with E-state index in [1.807, 2.05) is 13.0 Å². The van der Waals surface area contributed by atoms with Crippen LogP contribution in [-0.4, -0.2) is 19.6 Å². The molecule has 4 nitrogen and oxygen atoms in total. The molecule has 0 saturated heterocycles. The van der Waals surface area contributed by atoms with Gasteiger partial charge in [0.1, 0.15) is 0 Å². The molecule has 5 heteroatoms. The summed E-state index contributed by atoms with van der Waals surface area (Å²) < 4.78 is 5.73. The van der Waals surface area contributed by atoms with E-state index in [4.69, 9.17) is 10.5 Å². The van der Waals surface area contributed by atoms with Crippen LogP contribution in [0.3, 0.4) is 0 Å². The van der Waals surface area contributed by atoms with E-state index in [2.05, 4.69) is 21.2 Å². The van der Waals surface area contributed by atoms with Crippen molar-refractivity contribution >= 4 is 33.2 Å². The minimum absolute atomic E-state index is 0.0361. The highest BCUT2D eigenvalue weighted by molar-refractivity contribution is 9.10. The van der Waals surface area contributed by atoms with Gasteiger partial charge >= 0.3 is 0 Å². The van der Waals surface area contributed by atoms with Gasteiger partial charge in [0, 0.05) is 30.3 Å². The fourth-order valence-electron chi connectivity index (χ4n) is 1.38. The summed E-state index contributed by atoms with van der Waals surface area (Å²) in [6, 6.07) is 3.65. The number of nitrogen functional groups attached to an aromatic ring is 1. The predicted molar refractivity (Wildman–Crippen MR) is 73.0 cm³/mol. The Morgan fingerprint density at radius 1 is 1.53 bits per heavy atom. The first-order chi connectivity index (χ1) is 8.04. The maximum Gasteiger partial charge on any atom is 0.224 e. The molecule has 0 unspecified atom stereocenters. The fourth-order valence-corrected chi connectivity index (χ4v) is 1.93. The topological polar surface area (TPSA) is 64.3 Å². The smallest absolute Gasteiger partial charge is 0.224 e. The Hall–Kier alpha value is -1.07. The lowest BCUT2D eigenvalue weighted by atomic mass is 10.2. The summed E-state index contributed by atoms with van der Waals surface area (Å²) >= 11 is 3.40. The highest BCUT2D eigenvalue weighted by atomic mass is 79.9. The Bertz CT molecular complexity index is 408. The van der Waals surface area contributed by atoms with Crippen LogP contribution >= 0.6 is 15.9 Å². The molecule has 0 saturated carbocycles.